The molecule has 0 saturated heterocycles. The van der Waals surface area contributed by atoms with Gasteiger partial charge in [0, 0.05) is 11.1 Å². The summed E-state index contributed by atoms with van der Waals surface area (Å²) >= 11 is 0. The van der Waals surface area contributed by atoms with Crippen molar-refractivity contribution in [1.29, 1.82) is 0 Å². The maximum Gasteiger partial charge on any atom is 0.163 e. The van der Waals surface area contributed by atoms with E-state index in [-0.39, 0.29) is 31.3 Å². The normalized spacial score (nSPS) is 22.5. The summed E-state index contributed by atoms with van der Waals surface area (Å²) in [6.07, 6.45) is 0.574. The number of hydrogen-bond acceptors (Lipinski definition) is 9. The Kier molecular flexibility index (Phi) is 6.60. The highest BCUT2D eigenvalue weighted by atomic mass is 16.6. The van der Waals surface area contributed by atoms with Crippen LogP contribution in [0.1, 0.15) is 28.9 Å². The third-order valence-electron chi connectivity index (χ3n) is 6.11. The zero-order valence-corrected chi connectivity index (χ0v) is 19.2. The van der Waals surface area contributed by atoms with Gasteiger partial charge in [0.1, 0.15) is 0 Å². The van der Waals surface area contributed by atoms with E-state index in [0.29, 0.717) is 34.1 Å². The molecule has 3 aromatic carbocycles. The molecule has 0 saturated carbocycles. The Morgan fingerprint density at radius 1 is 0.611 bits per heavy atom. The van der Waals surface area contributed by atoms with Gasteiger partial charge in [-0.15, -0.1) is 0 Å². The zero-order valence-electron chi connectivity index (χ0n) is 19.2. The van der Waals surface area contributed by atoms with Crippen LogP contribution < -0.4 is 18.9 Å². The van der Waals surface area contributed by atoms with Gasteiger partial charge in [-0.05, 0) is 42.0 Å². The molecule has 2 heterocycles. The molecule has 9 heteroatoms. The summed E-state index contributed by atoms with van der Waals surface area (Å²) in [4.78, 5) is 0. The first-order chi connectivity index (χ1) is 17.5. The van der Waals surface area contributed by atoms with Gasteiger partial charge in [0.2, 0.25) is 0 Å². The lowest BCUT2D eigenvalue weighted by Gasteiger charge is -2.36. The van der Waals surface area contributed by atoms with Crippen molar-refractivity contribution >= 4 is 6.08 Å². The molecule has 4 atom stereocenters. The lowest BCUT2D eigenvalue weighted by Crippen LogP contribution is -2.37. The van der Waals surface area contributed by atoms with E-state index in [9.17, 15) is 20.4 Å². The Morgan fingerprint density at radius 2 is 1.19 bits per heavy atom. The highest BCUT2D eigenvalue weighted by Gasteiger charge is 2.36. The maximum absolute atomic E-state index is 9.99. The molecule has 5 rings (SSSR count). The third-order valence-corrected chi connectivity index (χ3v) is 6.11. The van der Waals surface area contributed by atoms with E-state index in [1.165, 1.54) is 12.1 Å². The number of fused-ring (bicyclic) bond motifs is 2. The molecule has 188 valence electrons. The molecular weight excluding hydrogens is 468 g/mol. The molecule has 5 N–H and O–H groups in total. The van der Waals surface area contributed by atoms with Crippen LogP contribution in [-0.4, -0.2) is 57.6 Å². The fourth-order valence-corrected chi connectivity index (χ4v) is 4.32. The average molecular weight is 494 g/mol. The number of ether oxygens (including phenoxy) is 4. The summed E-state index contributed by atoms with van der Waals surface area (Å²) in [5.41, 5.74) is 2.01. The number of aliphatic hydroxyl groups excluding tert-OH is 3. The van der Waals surface area contributed by atoms with Gasteiger partial charge in [-0.1, -0.05) is 30.4 Å². The van der Waals surface area contributed by atoms with Crippen molar-refractivity contribution in [2.24, 2.45) is 0 Å². The minimum atomic E-state index is -0.747. The fourth-order valence-electron chi connectivity index (χ4n) is 4.32. The quantitative estimate of drug-likeness (QED) is 0.328. The molecule has 3 aromatic rings. The van der Waals surface area contributed by atoms with Gasteiger partial charge in [-0.3, -0.25) is 0 Å². The molecule has 0 spiro atoms. The Balaban J connectivity index is 1.45. The van der Waals surface area contributed by atoms with E-state index >= 15 is 0 Å². The lowest BCUT2D eigenvalue weighted by molar-refractivity contribution is -0.0173. The van der Waals surface area contributed by atoms with Crippen LogP contribution in [0.2, 0.25) is 0 Å². The maximum atomic E-state index is 9.99. The molecule has 0 unspecified atom stereocenters. The largest absolute Gasteiger partial charge is 0.504 e. The van der Waals surface area contributed by atoms with Crippen LogP contribution >= 0.6 is 0 Å². The van der Waals surface area contributed by atoms with Gasteiger partial charge in [0.25, 0.3) is 0 Å². The molecule has 0 bridgehead atoms. The molecular formula is C27H26O9. The van der Waals surface area contributed by atoms with Gasteiger partial charge < -0.3 is 44.5 Å². The second kappa shape index (κ2) is 9.98. The topological polar surface area (TPSA) is 138 Å². The fraction of sp³-hybridized carbons (Fsp3) is 0.259. The first-order valence-electron chi connectivity index (χ1n) is 11.5. The molecule has 0 radical (unpaired) electrons. The van der Waals surface area contributed by atoms with E-state index < -0.39 is 24.4 Å². The van der Waals surface area contributed by atoms with E-state index in [0.717, 1.165) is 5.56 Å². The van der Waals surface area contributed by atoms with Crippen molar-refractivity contribution in [2.75, 3.05) is 19.8 Å². The van der Waals surface area contributed by atoms with Crippen LogP contribution in [0.4, 0.5) is 0 Å². The molecule has 0 aliphatic carbocycles. The van der Waals surface area contributed by atoms with Crippen molar-refractivity contribution < 1.29 is 44.5 Å². The molecule has 0 amide bonds. The van der Waals surface area contributed by atoms with Crippen molar-refractivity contribution in [3.05, 3.63) is 77.4 Å². The van der Waals surface area contributed by atoms with Gasteiger partial charge >= 0.3 is 0 Å². The van der Waals surface area contributed by atoms with Crippen LogP contribution in [0.25, 0.3) is 6.08 Å². The van der Waals surface area contributed by atoms with Gasteiger partial charge in [-0.25, -0.2) is 0 Å². The van der Waals surface area contributed by atoms with Crippen LogP contribution in [0.15, 0.2) is 60.7 Å². The first kappa shape index (κ1) is 23.8. The van der Waals surface area contributed by atoms with Crippen LogP contribution in [0, 0.1) is 0 Å². The van der Waals surface area contributed by atoms with E-state index in [2.05, 4.69) is 0 Å². The predicted octanol–water partition coefficient (Wildman–Crippen LogP) is 2.85. The van der Waals surface area contributed by atoms with Crippen molar-refractivity contribution in [2.45, 2.75) is 24.4 Å². The smallest absolute Gasteiger partial charge is 0.163 e. The summed E-state index contributed by atoms with van der Waals surface area (Å²) < 4.78 is 24.4. The van der Waals surface area contributed by atoms with Crippen molar-refractivity contribution in [3.63, 3.8) is 0 Å². The standard InChI is InChI=1S/C27H26O9/c28-9-1-2-15-3-7-20-22(10-15)35-27(25(14-30)33-20)17-5-8-21-23(12-17)36-26(24(13-29)34-21)16-4-6-18(31)19(32)11-16/h1-8,10-12,24-32H,9,13-14H2/b2-1+/t24-,25+,26-,27+/m0/s1. The highest BCUT2D eigenvalue weighted by Crippen LogP contribution is 2.45. The van der Waals surface area contributed by atoms with Gasteiger partial charge in [-0.2, -0.15) is 0 Å². The number of aliphatic hydroxyl groups is 3. The summed E-state index contributed by atoms with van der Waals surface area (Å²) in [5, 5.41) is 48.5. The lowest BCUT2D eigenvalue weighted by atomic mass is 10.00. The van der Waals surface area contributed by atoms with E-state index in [4.69, 9.17) is 24.1 Å². The molecule has 2 aliphatic heterocycles. The monoisotopic (exact) mass is 494 g/mol. The summed E-state index contributed by atoms with van der Waals surface area (Å²) in [6, 6.07) is 14.9. The van der Waals surface area contributed by atoms with E-state index in [1.54, 1.807) is 48.6 Å². The average Bonchev–Trinajstić information content (AvgIpc) is 2.91. The number of hydrogen-bond donors (Lipinski definition) is 5. The number of phenols is 2. The summed E-state index contributed by atoms with van der Waals surface area (Å²) in [5.74, 6) is 1.24. The Morgan fingerprint density at radius 3 is 1.81 bits per heavy atom. The zero-order chi connectivity index (χ0) is 25.2. The van der Waals surface area contributed by atoms with Crippen LogP contribution in [0.3, 0.4) is 0 Å². The van der Waals surface area contributed by atoms with Crippen molar-refractivity contribution in [1.82, 2.24) is 0 Å². The number of phenolic OH excluding ortho intramolecular Hbond substituents is 2. The molecule has 0 aromatic heterocycles. The summed E-state index contributed by atoms with van der Waals surface area (Å²) in [6.45, 7) is -0.695. The van der Waals surface area contributed by atoms with Crippen molar-refractivity contribution in [3.8, 4) is 34.5 Å². The van der Waals surface area contributed by atoms with Crippen LogP contribution in [-0.2, 0) is 0 Å². The third kappa shape index (κ3) is 4.51. The van der Waals surface area contributed by atoms with Gasteiger partial charge in [0.05, 0.1) is 19.8 Å². The highest BCUT2D eigenvalue weighted by molar-refractivity contribution is 5.57. The summed E-state index contributed by atoms with van der Waals surface area (Å²) in [7, 11) is 0. The van der Waals surface area contributed by atoms with Gasteiger partial charge in [0.15, 0.2) is 58.9 Å². The molecule has 36 heavy (non-hydrogen) atoms. The second-order valence-electron chi connectivity index (χ2n) is 8.50. The second-order valence-corrected chi connectivity index (χ2v) is 8.50. The minimum absolute atomic E-state index is 0.0806. The Bertz CT molecular complexity index is 1270. The minimum Gasteiger partial charge on any atom is -0.504 e. The predicted molar refractivity (Wildman–Crippen MR) is 129 cm³/mol. The number of rotatable bonds is 6. The Labute approximate surface area is 207 Å². The van der Waals surface area contributed by atoms with Crippen LogP contribution in [0.5, 0.6) is 34.5 Å². The molecule has 0 fully saturated rings. The first-order valence-corrected chi connectivity index (χ1v) is 11.5. The molecule has 9 nitrogen and oxygen atoms in total. The molecule has 2 aliphatic rings. The van der Waals surface area contributed by atoms with E-state index in [1.807, 2.05) is 6.07 Å². The SMILES string of the molecule is OC/C=C/c1ccc2c(c1)O[C@H](c1ccc3c(c1)O[C@@H](c1ccc(O)c(O)c1)[C@H](CO)O3)[C@@H](CO)O2. The number of benzene rings is 3. The Hall–Kier alpha value is -3.92. The number of aromatic hydroxyl groups is 2.